The highest BCUT2D eigenvalue weighted by atomic mass is 32.1. The van der Waals surface area contributed by atoms with Gasteiger partial charge < -0.3 is 19.3 Å². The minimum Gasteiger partial charge on any atom is -0.454 e. The molecule has 1 aromatic carbocycles. The molecule has 6 nitrogen and oxygen atoms in total. The predicted octanol–water partition coefficient (Wildman–Crippen LogP) is 3.74. The number of carbonyl (C=O) groups excluding carboxylic acids is 2. The molecule has 0 radical (unpaired) electrons. The zero-order chi connectivity index (χ0) is 20.8. The van der Waals surface area contributed by atoms with Crippen LogP contribution in [0.2, 0.25) is 0 Å². The molecular formula is C22H26N2O4S. The Morgan fingerprint density at radius 1 is 1.14 bits per heavy atom. The second kappa shape index (κ2) is 9.60. The summed E-state index contributed by atoms with van der Waals surface area (Å²) in [6, 6.07) is 7.76. The monoisotopic (exact) mass is 414 g/mol. The maximum absolute atomic E-state index is 13.2. The van der Waals surface area contributed by atoms with Gasteiger partial charge in [-0.3, -0.25) is 9.59 Å². The van der Waals surface area contributed by atoms with E-state index in [1.54, 1.807) is 34.1 Å². The van der Waals surface area contributed by atoms with Gasteiger partial charge in [-0.05, 0) is 41.6 Å². The maximum atomic E-state index is 13.2. The minimum atomic E-state index is -0.0980. The highest BCUT2D eigenvalue weighted by Crippen LogP contribution is 2.33. The maximum Gasteiger partial charge on any atom is 0.242 e. The number of fused-ring (bicyclic) bond motifs is 1. The van der Waals surface area contributed by atoms with Gasteiger partial charge in [-0.2, -0.15) is 0 Å². The molecular weight excluding hydrogens is 388 g/mol. The van der Waals surface area contributed by atoms with Crippen molar-refractivity contribution in [3.8, 4) is 11.5 Å². The van der Waals surface area contributed by atoms with Crippen LogP contribution in [0, 0.1) is 6.92 Å². The fourth-order valence-electron chi connectivity index (χ4n) is 3.13. The van der Waals surface area contributed by atoms with Crippen LogP contribution in [0.15, 0.2) is 42.3 Å². The summed E-state index contributed by atoms with van der Waals surface area (Å²) in [6.07, 6.45) is 2.00. The topological polar surface area (TPSA) is 59.1 Å². The Morgan fingerprint density at radius 2 is 1.93 bits per heavy atom. The van der Waals surface area contributed by atoms with Gasteiger partial charge in [0.2, 0.25) is 18.6 Å². The van der Waals surface area contributed by atoms with E-state index >= 15 is 0 Å². The second-order valence-electron chi connectivity index (χ2n) is 6.88. The number of carbonyl (C=O) groups is 2. The first kappa shape index (κ1) is 20.9. The molecule has 0 saturated heterocycles. The molecule has 2 aromatic rings. The van der Waals surface area contributed by atoms with Crippen molar-refractivity contribution in [2.24, 2.45) is 0 Å². The van der Waals surface area contributed by atoms with Crippen molar-refractivity contribution in [2.45, 2.75) is 33.4 Å². The molecule has 0 fully saturated rings. The Balaban J connectivity index is 1.80. The molecule has 2 heterocycles. The van der Waals surface area contributed by atoms with Crippen molar-refractivity contribution in [2.75, 3.05) is 19.9 Å². The quantitative estimate of drug-likeness (QED) is 0.587. The summed E-state index contributed by atoms with van der Waals surface area (Å²) >= 11 is 1.63. The fraction of sp³-hybridized carbons (Fsp3) is 0.364. The third kappa shape index (κ3) is 5.17. The molecule has 1 aliphatic heterocycles. The lowest BCUT2D eigenvalue weighted by molar-refractivity contribution is -0.140. The summed E-state index contributed by atoms with van der Waals surface area (Å²) in [7, 11) is 0. The van der Waals surface area contributed by atoms with E-state index in [1.807, 2.05) is 36.6 Å². The first-order chi connectivity index (χ1) is 14.0. The smallest absolute Gasteiger partial charge is 0.242 e. The van der Waals surface area contributed by atoms with E-state index in [0.29, 0.717) is 37.6 Å². The van der Waals surface area contributed by atoms with E-state index in [2.05, 4.69) is 6.58 Å². The van der Waals surface area contributed by atoms with E-state index in [0.717, 1.165) is 16.0 Å². The third-order valence-electron chi connectivity index (χ3n) is 4.80. The molecule has 0 unspecified atom stereocenters. The van der Waals surface area contributed by atoms with E-state index in [4.69, 9.17) is 9.47 Å². The molecule has 0 aliphatic carbocycles. The number of amides is 2. The Bertz CT molecular complexity index is 893. The molecule has 0 spiro atoms. The summed E-state index contributed by atoms with van der Waals surface area (Å²) in [5.41, 5.74) is 2.11. The van der Waals surface area contributed by atoms with Gasteiger partial charge in [0.15, 0.2) is 11.5 Å². The van der Waals surface area contributed by atoms with E-state index in [9.17, 15) is 9.59 Å². The molecule has 0 atom stereocenters. The van der Waals surface area contributed by atoms with Crippen molar-refractivity contribution in [1.29, 1.82) is 0 Å². The number of hydrogen-bond acceptors (Lipinski definition) is 5. The van der Waals surface area contributed by atoms with Gasteiger partial charge in [0.1, 0.15) is 6.54 Å². The minimum absolute atomic E-state index is 0.0354. The van der Waals surface area contributed by atoms with Crippen molar-refractivity contribution >= 4 is 23.2 Å². The number of rotatable bonds is 9. The lowest BCUT2D eigenvalue weighted by atomic mass is 10.1. The van der Waals surface area contributed by atoms with Gasteiger partial charge in [0, 0.05) is 24.4 Å². The lowest BCUT2D eigenvalue weighted by Crippen LogP contribution is -2.42. The highest BCUT2D eigenvalue weighted by Gasteiger charge is 2.22. The van der Waals surface area contributed by atoms with E-state index < -0.39 is 0 Å². The summed E-state index contributed by atoms with van der Waals surface area (Å²) in [4.78, 5) is 29.8. The number of benzene rings is 1. The summed E-state index contributed by atoms with van der Waals surface area (Å²) in [5, 5.41) is 2.03. The number of thiophene rings is 1. The largest absolute Gasteiger partial charge is 0.454 e. The van der Waals surface area contributed by atoms with Gasteiger partial charge in [-0.15, -0.1) is 17.9 Å². The molecule has 3 rings (SSSR count). The first-order valence-corrected chi connectivity index (χ1v) is 10.5. The third-order valence-corrected chi connectivity index (χ3v) is 5.80. The van der Waals surface area contributed by atoms with Crippen LogP contribution in [0.5, 0.6) is 11.5 Å². The van der Waals surface area contributed by atoms with Crippen molar-refractivity contribution in [1.82, 2.24) is 9.80 Å². The molecule has 154 valence electrons. The van der Waals surface area contributed by atoms with Crippen LogP contribution in [-0.2, 0) is 22.7 Å². The molecule has 29 heavy (non-hydrogen) atoms. The predicted molar refractivity (Wildman–Crippen MR) is 113 cm³/mol. The molecule has 1 aromatic heterocycles. The zero-order valence-corrected chi connectivity index (χ0v) is 17.7. The standard InChI is InChI=1S/C22H26N2O4S/c1-4-9-23(21(25)5-2)14-22(26)24(13-20-16(3)8-10-29-20)12-17-6-7-18-19(11-17)28-15-27-18/h4,6-8,10-11H,1,5,9,12-15H2,2-3H3. The fourth-order valence-corrected chi connectivity index (χ4v) is 4.05. The summed E-state index contributed by atoms with van der Waals surface area (Å²) < 4.78 is 10.8. The molecule has 0 bridgehead atoms. The van der Waals surface area contributed by atoms with Crippen LogP contribution >= 0.6 is 11.3 Å². The summed E-state index contributed by atoms with van der Waals surface area (Å²) in [5.74, 6) is 1.25. The molecule has 7 heteroatoms. The highest BCUT2D eigenvalue weighted by molar-refractivity contribution is 7.10. The van der Waals surface area contributed by atoms with Gasteiger partial charge in [0.05, 0.1) is 6.54 Å². The van der Waals surface area contributed by atoms with Crippen LogP contribution in [0.1, 0.15) is 29.3 Å². The average molecular weight is 415 g/mol. The molecule has 2 amide bonds. The van der Waals surface area contributed by atoms with Crippen molar-refractivity contribution < 1.29 is 19.1 Å². The van der Waals surface area contributed by atoms with Crippen LogP contribution < -0.4 is 9.47 Å². The Labute approximate surface area is 175 Å². The van der Waals surface area contributed by atoms with Gasteiger partial charge in [-0.1, -0.05) is 19.1 Å². The molecule has 1 aliphatic rings. The van der Waals surface area contributed by atoms with Crippen molar-refractivity contribution in [3.63, 3.8) is 0 Å². The van der Waals surface area contributed by atoms with Gasteiger partial charge in [-0.25, -0.2) is 0 Å². The number of aryl methyl sites for hydroxylation is 1. The van der Waals surface area contributed by atoms with E-state index in [1.165, 1.54) is 0 Å². The van der Waals surface area contributed by atoms with E-state index in [-0.39, 0.29) is 25.2 Å². The summed E-state index contributed by atoms with van der Waals surface area (Å²) in [6.45, 7) is 9.06. The second-order valence-corrected chi connectivity index (χ2v) is 7.88. The Hall–Kier alpha value is -2.80. The number of nitrogens with zero attached hydrogens (tertiary/aromatic N) is 2. The van der Waals surface area contributed by atoms with Gasteiger partial charge in [0.25, 0.3) is 0 Å². The van der Waals surface area contributed by atoms with Crippen LogP contribution in [0.25, 0.3) is 0 Å². The Kier molecular flexibility index (Phi) is 6.93. The number of ether oxygens (including phenoxy) is 2. The first-order valence-electron chi connectivity index (χ1n) is 9.59. The normalized spacial score (nSPS) is 11.9. The van der Waals surface area contributed by atoms with Crippen molar-refractivity contribution in [3.05, 3.63) is 58.3 Å². The van der Waals surface area contributed by atoms with Crippen LogP contribution in [-0.4, -0.2) is 41.5 Å². The SMILES string of the molecule is C=CCN(CC(=O)N(Cc1ccc2c(c1)OCO2)Cc1sccc1C)C(=O)CC. The lowest BCUT2D eigenvalue weighted by Gasteiger charge is -2.27. The number of hydrogen-bond donors (Lipinski definition) is 0. The molecule has 0 N–H and O–H groups in total. The molecule has 0 saturated carbocycles. The van der Waals surface area contributed by atoms with Gasteiger partial charge >= 0.3 is 0 Å². The Morgan fingerprint density at radius 3 is 2.62 bits per heavy atom. The zero-order valence-electron chi connectivity index (χ0n) is 16.8. The van der Waals surface area contributed by atoms with Crippen LogP contribution in [0.3, 0.4) is 0 Å². The average Bonchev–Trinajstić information content (AvgIpc) is 3.34. The van der Waals surface area contributed by atoms with Crippen LogP contribution in [0.4, 0.5) is 0 Å².